The number of carbonyl (C=O) groups excluding carboxylic acids is 2. The van der Waals surface area contributed by atoms with Crippen LogP contribution in [0.3, 0.4) is 0 Å². The number of hydrogen-bond donors (Lipinski definition) is 2. The number of halogens is 1. The molecule has 2 amide bonds. The largest absolute Gasteiger partial charge is 0.361 e. The van der Waals surface area contributed by atoms with E-state index in [-0.39, 0.29) is 30.3 Å². The minimum atomic E-state index is -0.146. The highest BCUT2D eigenvalue weighted by Crippen LogP contribution is 2.39. The van der Waals surface area contributed by atoms with E-state index in [2.05, 4.69) is 20.7 Å². The number of amides is 2. The normalized spacial score (nSPS) is 29.7. The number of piperidine rings is 3. The predicted octanol–water partition coefficient (Wildman–Crippen LogP) is 1.69. The van der Waals surface area contributed by atoms with E-state index in [0.717, 1.165) is 32.4 Å². The number of nitrogens with one attached hydrogen (secondary N) is 2. The molecule has 2 bridgehead atoms. The van der Waals surface area contributed by atoms with E-state index in [1.165, 1.54) is 0 Å². The summed E-state index contributed by atoms with van der Waals surface area (Å²) in [7, 11) is 0. The van der Waals surface area contributed by atoms with Gasteiger partial charge in [0, 0.05) is 25.6 Å². The Hall–Kier alpha value is -1.60. The summed E-state index contributed by atoms with van der Waals surface area (Å²) in [5.74, 6) is 1.62. The molecule has 3 fully saturated rings. The van der Waals surface area contributed by atoms with Gasteiger partial charge in [0.25, 0.3) is 5.91 Å². The minimum absolute atomic E-state index is 0. The summed E-state index contributed by atoms with van der Waals surface area (Å²) in [6.07, 6.45) is 4.51. The average molecular weight is 397 g/mol. The molecule has 27 heavy (non-hydrogen) atoms. The fraction of sp³-hybridized carbons (Fsp3) is 0.737. The molecular formula is C19H29ClN4O3. The zero-order chi connectivity index (χ0) is 18.3. The number of nitrogens with zero attached hydrogens (tertiary/aromatic N) is 2. The fourth-order valence-electron chi connectivity index (χ4n) is 5.13. The van der Waals surface area contributed by atoms with Gasteiger partial charge in [-0.05, 0) is 51.0 Å². The van der Waals surface area contributed by atoms with Crippen molar-refractivity contribution in [1.29, 1.82) is 0 Å². The van der Waals surface area contributed by atoms with Crippen LogP contribution in [0.15, 0.2) is 4.52 Å². The van der Waals surface area contributed by atoms with Gasteiger partial charge in [0.2, 0.25) is 5.91 Å². The summed E-state index contributed by atoms with van der Waals surface area (Å²) in [5, 5.41) is 10.6. The first-order chi connectivity index (χ1) is 12.6. The summed E-state index contributed by atoms with van der Waals surface area (Å²) in [6.45, 7) is 6.14. The van der Waals surface area contributed by atoms with Gasteiger partial charge in [0.1, 0.15) is 11.3 Å². The van der Waals surface area contributed by atoms with E-state index < -0.39 is 0 Å². The van der Waals surface area contributed by atoms with Gasteiger partial charge in [0.15, 0.2) is 0 Å². The summed E-state index contributed by atoms with van der Waals surface area (Å²) in [5.41, 5.74) is 1.24. The molecule has 150 valence electrons. The molecule has 1 aromatic rings. The molecule has 4 heterocycles. The van der Waals surface area contributed by atoms with Crippen LogP contribution < -0.4 is 10.6 Å². The molecule has 1 aromatic heterocycles. The molecular weight excluding hydrogens is 368 g/mol. The Morgan fingerprint density at radius 1 is 1.37 bits per heavy atom. The van der Waals surface area contributed by atoms with Crippen LogP contribution >= 0.6 is 12.4 Å². The van der Waals surface area contributed by atoms with E-state index in [9.17, 15) is 9.59 Å². The maximum atomic E-state index is 12.7. The Bertz CT molecular complexity index is 707. The van der Waals surface area contributed by atoms with Crippen molar-refractivity contribution in [2.75, 3.05) is 19.6 Å². The highest BCUT2D eigenvalue weighted by Gasteiger charge is 2.47. The van der Waals surface area contributed by atoms with Crippen LogP contribution in [0.2, 0.25) is 0 Å². The van der Waals surface area contributed by atoms with Gasteiger partial charge in [-0.2, -0.15) is 0 Å². The Morgan fingerprint density at radius 3 is 2.93 bits per heavy atom. The van der Waals surface area contributed by atoms with Crippen molar-refractivity contribution in [3.8, 4) is 0 Å². The molecule has 0 aliphatic carbocycles. The average Bonchev–Trinajstić information content (AvgIpc) is 3.03. The number of carbonyl (C=O) groups is 2. The van der Waals surface area contributed by atoms with Gasteiger partial charge in [-0.25, -0.2) is 0 Å². The molecule has 4 rings (SSSR count). The van der Waals surface area contributed by atoms with Crippen molar-refractivity contribution < 1.29 is 14.1 Å². The zero-order valence-corrected chi connectivity index (χ0v) is 16.8. The van der Waals surface area contributed by atoms with Gasteiger partial charge in [0.05, 0.1) is 11.7 Å². The number of aromatic nitrogens is 1. The lowest BCUT2D eigenvalue weighted by Crippen LogP contribution is -2.66. The molecule has 0 aromatic carbocycles. The second-order valence-electron chi connectivity index (χ2n) is 7.87. The molecule has 4 atom stereocenters. The van der Waals surface area contributed by atoms with Crippen molar-refractivity contribution in [2.45, 2.75) is 58.0 Å². The first-order valence-corrected chi connectivity index (χ1v) is 9.85. The lowest BCUT2D eigenvalue weighted by atomic mass is 9.72. The SMILES string of the molecule is CCc1noc(C)c1C(=O)NC[C@H]1[C@@H]2CNC[C@@H](C2)[C@@H]2CCCC(=O)N21.Cl. The van der Waals surface area contributed by atoms with E-state index in [1.807, 2.05) is 6.92 Å². The second-order valence-corrected chi connectivity index (χ2v) is 7.87. The molecule has 0 spiro atoms. The predicted molar refractivity (Wildman–Crippen MR) is 103 cm³/mol. The summed E-state index contributed by atoms with van der Waals surface area (Å²) in [4.78, 5) is 27.5. The quantitative estimate of drug-likeness (QED) is 0.808. The van der Waals surface area contributed by atoms with E-state index in [4.69, 9.17) is 4.52 Å². The Balaban J connectivity index is 0.00000210. The Labute approximate surface area is 166 Å². The van der Waals surface area contributed by atoms with Gasteiger partial charge in [-0.15, -0.1) is 12.4 Å². The third kappa shape index (κ3) is 3.59. The Kier molecular flexibility index (Phi) is 6.11. The highest BCUT2D eigenvalue weighted by atomic mass is 35.5. The number of fused-ring (bicyclic) bond motifs is 4. The van der Waals surface area contributed by atoms with Gasteiger partial charge in [-0.1, -0.05) is 12.1 Å². The zero-order valence-electron chi connectivity index (χ0n) is 16.0. The first kappa shape index (κ1) is 20.1. The Morgan fingerprint density at radius 2 is 2.15 bits per heavy atom. The maximum absolute atomic E-state index is 12.7. The van der Waals surface area contributed by atoms with Crippen LogP contribution in [0.4, 0.5) is 0 Å². The molecule has 2 N–H and O–H groups in total. The van der Waals surface area contributed by atoms with Crippen LogP contribution in [0.5, 0.6) is 0 Å². The van der Waals surface area contributed by atoms with Crippen molar-refractivity contribution in [3.63, 3.8) is 0 Å². The number of hydrogen-bond acceptors (Lipinski definition) is 5. The van der Waals surface area contributed by atoms with E-state index >= 15 is 0 Å². The fourth-order valence-corrected chi connectivity index (χ4v) is 5.13. The van der Waals surface area contributed by atoms with E-state index in [1.54, 1.807) is 6.92 Å². The van der Waals surface area contributed by atoms with Crippen molar-refractivity contribution in [2.24, 2.45) is 11.8 Å². The monoisotopic (exact) mass is 396 g/mol. The summed E-state index contributed by atoms with van der Waals surface area (Å²) >= 11 is 0. The molecule has 3 aliphatic rings. The lowest BCUT2D eigenvalue weighted by Gasteiger charge is -2.54. The molecule has 0 saturated carbocycles. The summed E-state index contributed by atoms with van der Waals surface area (Å²) in [6, 6.07) is 0.400. The minimum Gasteiger partial charge on any atom is -0.361 e. The van der Waals surface area contributed by atoms with Crippen molar-refractivity contribution in [3.05, 3.63) is 17.0 Å². The highest BCUT2D eigenvalue weighted by molar-refractivity contribution is 5.96. The third-order valence-electron chi connectivity index (χ3n) is 6.37. The molecule has 0 radical (unpaired) electrons. The smallest absolute Gasteiger partial charge is 0.256 e. The van der Waals surface area contributed by atoms with Crippen molar-refractivity contribution >= 4 is 24.2 Å². The van der Waals surface area contributed by atoms with Crippen LogP contribution in [0.1, 0.15) is 54.4 Å². The van der Waals surface area contributed by atoms with Crippen LogP contribution in [0.25, 0.3) is 0 Å². The number of rotatable bonds is 4. The molecule has 7 nitrogen and oxygen atoms in total. The van der Waals surface area contributed by atoms with Crippen LogP contribution in [0, 0.1) is 18.8 Å². The lowest BCUT2D eigenvalue weighted by molar-refractivity contribution is -0.148. The standard InChI is InChI=1S/C19H28N4O3.ClH/c1-3-14-18(11(2)26-22-14)19(25)21-10-16-13-7-12(8-20-9-13)15-5-4-6-17(24)23(15)16;/h12-13,15-16,20H,3-10H2,1-2H3,(H,21,25);1H/t12-,13+,15+,16+;/m1./s1. The molecule has 3 aliphatic heterocycles. The second kappa shape index (κ2) is 8.19. The molecule has 3 saturated heterocycles. The first-order valence-electron chi connectivity index (χ1n) is 9.85. The third-order valence-corrected chi connectivity index (χ3v) is 6.37. The maximum Gasteiger partial charge on any atom is 0.256 e. The van der Waals surface area contributed by atoms with Gasteiger partial charge >= 0.3 is 0 Å². The molecule has 8 heteroatoms. The van der Waals surface area contributed by atoms with Gasteiger partial charge < -0.3 is 20.1 Å². The molecule has 0 unspecified atom stereocenters. The summed E-state index contributed by atoms with van der Waals surface area (Å²) < 4.78 is 5.18. The van der Waals surface area contributed by atoms with Crippen LogP contribution in [-0.2, 0) is 11.2 Å². The topological polar surface area (TPSA) is 87.5 Å². The number of aryl methyl sites for hydroxylation is 2. The van der Waals surface area contributed by atoms with E-state index in [0.29, 0.717) is 54.3 Å². The van der Waals surface area contributed by atoms with Gasteiger partial charge in [-0.3, -0.25) is 9.59 Å². The van der Waals surface area contributed by atoms with Crippen LogP contribution in [-0.4, -0.2) is 53.6 Å². The van der Waals surface area contributed by atoms with Crippen molar-refractivity contribution in [1.82, 2.24) is 20.7 Å².